The summed E-state index contributed by atoms with van der Waals surface area (Å²) in [5.41, 5.74) is 0.861. The first-order chi connectivity index (χ1) is 12.0. The molecule has 2 aromatic carbocycles. The highest BCUT2D eigenvalue weighted by Crippen LogP contribution is 2.20. The van der Waals surface area contributed by atoms with Crippen molar-refractivity contribution < 1.29 is 14.3 Å². The highest BCUT2D eigenvalue weighted by molar-refractivity contribution is 6.36. The summed E-state index contributed by atoms with van der Waals surface area (Å²) in [6, 6.07) is 11.5. The standard InChI is InChI=1S/C18H18Cl2N2O3/c1-2-25-14-6-3-12(4-7-14)17(23)21-9-10-22-18(24)15-8-5-13(19)11-16(15)20/h3-8,11H,2,9-10H2,1H3,(H,21,23)(H,22,24). The van der Waals surface area contributed by atoms with Gasteiger partial charge >= 0.3 is 0 Å². The van der Waals surface area contributed by atoms with Gasteiger partial charge in [-0.1, -0.05) is 23.2 Å². The minimum Gasteiger partial charge on any atom is -0.494 e. The second-order valence-electron chi connectivity index (χ2n) is 5.09. The molecule has 2 N–H and O–H groups in total. The SMILES string of the molecule is CCOc1ccc(C(=O)NCCNC(=O)c2ccc(Cl)cc2Cl)cc1. The second kappa shape index (κ2) is 9.30. The molecule has 0 spiro atoms. The van der Waals surface area contributed by atoms with Gasteiger partial charge in [-0.15, -0.1) is 0 Å². The molecule has 0 aliphatic heterocycles. The van der Waals surface area contributed by atoms with Crippen molar-refractivity contribution in [3.05, 3.63) is 63.6 Å². The molecule has 0 aliphatic rings. The normalized spacial score (nSPS) is 10.2. The fraction of sp³-hybridized carbons (Fsp3) is 0.222. The minimum absolute atomic E-state index is 0.221. The molecule has 0 bridgehead atoms. The lowest BCUT2D eigenvalue weighted by Crippen LogP contribution is -2.34. The number of halogens is 2. The minimum atomic E-state index is -0.322. The van der Waals surface area contributed by atoms with E-state index in [1.54, 1.807) is 36.4 Å². The highest BCUT2D eigenvalue weighted by atomic mass is 35.5. The Morgan fingerprint density at radius 1 is 0.960 bits per heavy atom. The zero-order chi connectivity index (χ0) is 18.2. The van der Waals surface area contributed by atoms with Crippen molar-refractivity contribution in [3.63, 3.8) is 0 Å². The quantitative estimate of drug-likeness (QED) is 0.721. The number of carbonyl (C=O) groups excluding carboxylic acids is 2. The molecular formula is C18H18Cl2N2O3. The number of rotatable bonds is 7. The summed E-state index contributed by atoms with van der Waals surface area (Å²) < 4.78 is 5.33. The maximum Gasteiger partial charge on any atom is 0.252 e. The third kappa shape index (κ3) is 5.66. The van der Waals surface area contributed by atoms with Crippen LogP contribution in [-0.4, -0.2) is 31.5 Å². The number of carbonyl (C=O) groups is 2. The van der Waals surface area contributed by atoms with Crippen molar-refractivity contribution in [2.24, 2.45) is 0 Å². The van der Waals surface area contributed by atoms with Crippen LogP contribution in [0, 0.1) is 0 Å². The van der Waals surface area contributed by atoms with E-state index < -0.39 is 0 Å². The van der Waals surface area contributed by atoms with E-state index in [1.807, 2.05) is 6.92 Å². The molecule has 0 saturated heterocycles. The van der Waals surface area contributed by atoms with Crippen LogP contribution >= 0.6 is 23.2 Å². The molecule has 7 heteroatoms. The average molecular weight is 381 g/mol. The first kappa shape index (κ1) is 19.1. The van der Waals surface area contributed by atoms with Crippen molar-refractivity contribution >= 4 is 35.0 Å². The van der Waals surface area contributed by atoms with Crippen molar-refractivity contribution in [2.45, 2.75) is 6.92 Å². The summed E-state index contributed by atoms with van der Waals surface area (Å²) in [5, 5.41) is 6.17. The first-order valence-corrected chi connectivity index (χ1v) is 8.51. The van der Waals surface area contributed by atoms with Gasteiger partial charge in [0, 0.05) is 23.7 Å². The fourth-order valence-corrected chi connectivity index (χ4v) is 2.59. The molecule has 0 heterocycles. The van der Waals surface area contributed by atoms with E-state index in [9.17, 15) is 9.59 Å². The molecule has 25 heavy (non-hydrogen) atoms. The van der Waals surface area contributed by atoms with Crippen LogP contribution in [-0.2, 0) is 0 Å². The predicted octanol–water partition coefficient (Wildman–Crippen LogP) is 3.55. The maximum absolute atomic E-state index is 12.0. The summed E-state index contributed by atoms with van der Waals surface area (Å²) in [5.74, 6) is 0.171. The molecule has 5 nitrogen and oxygen atoms in total. The van der Waals surface area contributed by atoms with Gasteiger partial charge in [-0.3, -0.25) is 9.59 Å². The largest absolute Gasteiger partial charge is 0.494 e. The van der Waals surface area contributed by atoms with Crippen molar-refractivity contribution in [2.75, 3.05) is 19.7 Å². The summed E-state index contributed by atoms with van der Waals surface area (Å²) in [7, 11) is 0. The molecule has 0 unspecified atom stereocenters. The van der Waals surface area contributed by atoms with Gasteiger partial charge in [0.15, 0.2) is 0 Å². The van der Waals surface area contributed by atoms with E-state index in [2.05, 4.69) is 10.6 Å². The van der Waals surface area contributed by atoms with Crippen LogP contribution < -0.4 is 15.4 Å². The summed E-state index contributed by atoms with van der Waals surface area (Å²) in [6.07, 6.45) is 0. The third-order valence-corrected chi connectivity index (χ3v) is 3.85. The van der Waals surface area contributed by atoms with Gasteiger partial charge in [-0.25, -0.2) is 0 Å². The van der Waals surface area contributed by atoms with E-state index in [4.69, 9.17) is 27.9 Å². The Morgan fingerprint density at radius 3 is 2.20 bits per heavy atom. The van der Waals surface area contributed by atoms with E-state index in [1.165, 1.54) is 6.07 Å². The lowest BCUT2D eigenvalue weighted by atomic mass is 10.2. The van der Waals surface area contributed by atoms with Gasteiger partial charge in [-0.2, -0.15) is 0 Å². The van der Waals surface area contributed by atoms with Crippen LogP contribution in [0.3, 0.4) is 0 Å². The van der Waals surface area contributed by atoms with Crippen LogP contribution in [0.25, 0.3) is 0 Å². The maximum atomic E-state index is 12.0. The Bertz CT molecular complexity index is 748. The van der Waals surface area contributed by atoms with Crippen LogP contribution in [0.1, 0.15) is 27.6 Å². The number of hydrogen-bond donors (Lipinski definition) is 2. The third-order valence-electron chi connectivity index (χ3n) is 3.30. The topological polar surface area (TPSA) is 67.4 Å². The molecular weight excluding hydrogens is 363 g/mol. The molecule has 0 saturated carbocycles. The van der Waals surface area contributed by atoms with Gasteiger partial charge in [0.05, 0.1) is 17.2 Å². The molecule has 2 aromatic rings. The summed E-state index contributed by atoms with van der Waals surface area (Å²) in [6.45, 7) is 3.04. The Hall–Kier alpha value is -2.24. The molecule has 132 valence electrons. The van der Waals surface area contributed by atoms with E-state index in [-0.39, 0.29) is 23.4 Å². The average Bonchev–Trinajstić information content (AvgIpc) is 2.59. The number of benzene rings is 2. The lowest BCUT2D eigenvalue weighted by Gasteiger charge is -2.09. The van der Waals surface area contributed by atoms with Gasteiger partial charge in [0.2, 0.25) is 0 Å². The second-order valence-corrected chi connectivity index (χ2v) is 5.94. The highest BCUT2D eigenvalue weighted by Gasteiger charge is 2.10. The predicted molar refractivity (Wildman–Crippen MR) is 98.7 cm³/mol. The van der Waals surface area contributed by atoms with Crippen LogP contribution in [0.4, 0.5) is 0 Å². The van der Waals surface area contributed by atoms with E-state index in [0.29, 0.717) is 35.1 Å². The molecule has 0 radical (unpaired) electrons. The number of ether oxygens (including phenoxy) is 1. The Balaban J connectivity index is 1.78. The molecule has 0 aliphatic carbocycles. The van der Waals surface area contributed by atoms with E-state index >= 15 is 0 Å². The monoisotopic (exact) mass is 380 g/mol. The smallest absolute Gasteiger partial charge is 0.252 e. The van der Waals surface area contributed by atoms with Crippen LogP contribution in [0.15, 0.2) is 42.5 Å². The van der Waals surface area contributed by atoms with Gasteiger partial charge in [0.25, 0.3) is 11.8 Å². The number of hydrogen-bond acceptors (Lipinski definition) is 3. The zero-order valence-corrected chi connectivity index (χ0v) is 15.2. The van der Waals surface area contributed by atoms with Gasteiger partial charge in [-0.05, 0) is 49.4 Å². The molecule has 2 rings (SSSR count). The number of nitrogens with one attached hydrogen (secondary N) is 2. The van der Waals surface area contributed by atoms with Crippen LogP contribution in [0.2, 0.25) is 10.0 Å². The fourth-order valence-electron chi connectivity index (χ4n) is 2.09. The summed E-state index contributed by atoms with van der Waals surface area (Å²) >= 11 is 11.8. The van der Waals surface area contributed by atoms with E-state index in [0.717, 1.165) is 0 Å². The van der Waals surface area contributed by atoms with Crippen LogP contribution in [0.5, 0.6) is 5.75 Å². The Kier molecular flexibility index (Phi) is 7.10. The van der Waals surface area contributed by atoms with Crippen molar-refractivity contribution in [3.8, 4) is 5.75 Å². The van der Waals surface area contributed by atoms with Gasteiger partial charge < -0.3 is 15.4 Å². The van der Waals surface area contributed by atoms with Crippen molar-refractivity contribution in [1.29, 1.82) is 0 Å². The molecule has 0 fully saturated rings. The van der Waals surface area contributed by atoms with Crippen molar-refractivity contribution in [1.82, 2.24) is 10.6 Å². The molecule has 0 atom stereocenters. The first-order valence-electron chi connectivity index (χ1n) is 7.75. The number of amides is 2. The molecule has 0 aromatic heterocycles. The lowest BCUT2D eigenvalue weighted by molar-refractivity contribution is 0.0927. The Labute approximate surface area is 156 Å². The summed E-state index contributed by atoms with van der Waals surface area (Å²) in [4.78, 5) is 24.0. The Morgan fingerprint density at radius 2 is 1.60 bits per heavy atom. The molecule has 2 amide bonds. The van der Waals surface area contributed by atoms with Gasteiger partial charge in [0.1, 0.15) is 5.75 Å². The zero-order valence-electron chi connectivity index (χ0n) is 13.6.